The van der Waals surface area contributed by atoms with Crippen LogP contribution in [0.1, 0.15) is 86.6 Å². The first kappa shape index (κ1) is 40.9. The van der Waals surface area contributed by atoms with E-state index < -0.39 is 34.8 Å². The Balaban J connectivity index is 0.000000333. The van der Waals surface area contributed by atoms with Crippen LogP contribution < -0.4 is 16.4 Å². The van der Waals surface area contributed by atoms with Crippen molar-refractivity contribution >= 4 is 51.7 Å². The molecule has 1 aromatic heterocycles. The fourth-order valence-electron chi connectivity index (χ4n) is 8.27. The van der Waals surface area contributed by atoms with E-state index in [0.29, 0.717) is 11.3 Å². The zero-order valence-corrected chi connectivity index (χ0v) is 34.1. The van der Waals surface area contributed by atoms with E-state index in [2.05, 4.69) is 27.4 Å². The number of oxime groups is 1. The number of benzene rings is 3. The van der Waals surface area contributed by atoms with Gasteiger partial charge in [-0.15, -0.1) is 23.1 Å². The summed E-state index contributed by atoms with van der Waals surface area (Å²) in [5, 5.41) is 22.0. The molecule has 2 aliphatic heterocycles. The number of β-lactam (4-membered cyclic amide) rings is 1. The molecule has 2 aliphatic carbocycles. The lowest BCUT2D eigenvalue weighted by atomic mass is 9.80. The largest absolute Gasteiger partial charge is 0.477 e. The number of anilines is 1. The minimum atomic E-state index is -1.28. The second-order valence-electron chi connectivity index (χ2n) is 15.0. The molecular formula is C45H50N6O5S2. The molecule has 0 spiro atoms. The normalized spacial score (nSPS) is 20.2. The zero-order chi connectivity index (χ0) is 40.5. The van der Waals surface area contributed by atoms with Gasteiger partial charge in [-0.3, -0.25) is 14.5 Å². The Hall–Kier alpha value is -5.24. The van der Waals surface area contributed by atoms with E-state index in [1.165, 1.54) is 86.9 Å². The number of carbonyl (C=O) groups is 3. The molecule has 11 nitrogen and oxygen atoms in total. The van der Waals surface area contributed by atoms with Crippen molar-refractivity contribution in [2.24, 2.45) is 5.16 Å². The molecule has 3 aromatic carbocycles. The fraction of sp³-hybridized carbons (Fsp3) is 0.356. The minimum Gasteiger partial charge on any atom is -0.477 e. The number of thioether (sulfide) groups is 1. The van der Waals surface area contributed by atoms with Crippen molar-refractivity contribution in [3.63, 3.8) is 0 Å². The molecule has 0 bridgehead atoms. The quantitative estimate of drug-likeness (QED) is 0.0489. The number of carbonyl (C=O) groups excluding carboxylic acids is 2. The molecule has 2 amide bonds. The van der Waals surface area contributed by atoms with E-state index in [4.69, 9.17) is 10.6 Å². The van der Waals surface area contributed by atoms with Crippen LogP contribution in [0.25, 0.3) is 0 Å². The summed E-state index contributed by atoms with van der Waals surface area (Å²) >= 11 is 2.46. The number of aromatic nitrogens is 1. The first-order valence-corrected chi connectivity index (χ1v) is 22.0. The highest BCUT2D eigenvalue weighted by atomic mass is 32.2. The van der Waals surface area contributed by atoms with Gasteiger partial charge in [0.25, 0.3) is 11.8 Å². The van der Waals surface area contributed by atoms with Crippen LogP contribution in [0.4, 0.5) is 5.13 Å². The molecular weight excluding hydrogens is 769 g/mol. The third-order valence-corrected chi connectivity index (χ3v) is 13.2. The number of nitrogen functional groups attached to an aromatic ring is 1. The number of amides is 2. The molecule has 1 saturated heterocycles. The zero-order valence-electron chi connectivity index (χ0n) is 32.4. The standard InChI is InChI=1S/C33H27N5O5S2.C12H23N/c1-2-20-18-44-30-26(29(40)38(30)27(20)31(41)42)36-28(39)25(24-19-45-32(34)35-24)37-43-33(21-12-6-3-7-13-21,22-14-8-4-9-15-22)23-16-10-5-11-17-23;1-3-7-11(8-4-1)13-12-9-5-2-6-10-12/h2-17,19,26,30H,1,18H2,(H2,34,35)(H,36,39)(H,41,42);11-13H,1-10H2/b37-25-;/t26-,30-;/m1./s1. The summed E-state index contributed by atoms with van der Waals surface area (Å²) in [6.45, 7) is 3.67. The van der Waals surface area contributed by atoms with E-state index in [1.807, 2.05) is 91.0 Å². The van der Waals surface area contributed by atoms with Gasteiger partial charge in [0.05, 0.1) is 0 Å². The number of nitrogens with two attached hydrogens (primary N) is 1. The van der Waals surface area contributed by atoms with E-state index in [9.17, 15) is 19.5 Å². The van der Waals surface area contributed by atoms with Crippen LogP contribution in [0.15, 0.2) is 125 Å². The summed E-state index contributed by atoms with van der Waals surface area (Å²) in [5.41, 5.74) is 7.23. The number of hydrogen-bond acceptors (Lipinski definition) is 10. The molecule has 4 aliphatic rings. The topological polar surface area (TPSA) is 159 Å². The lowest BCUT2D eigenvalue weighted by molar-refractivity contribution is -0.150. The monoisotopic (exact) mass is 818 g/mol. The van der Waals surface area contributed by atoms with Gasteiger partial charge in [0.2, 0.25) is 5.60 Å². The van der Waals surface area contributed by atoms with E-state index in [1.54, 1.807) is 5.38 Å². The second-order valence-corrected chi connectivity index (χ2v) is 17.0. The number of thiazole rings is 1. The SMILES string of the molecule is C1CCC(NC2CCCCC2)CC1.C=CC1=C(C(=O)O)N2C(=O)[C@@H](NC(=O)/C(=N\OC(c3ccccc3)(c3ccccc3)c3ccccc3)c3csc(N)n3)[C@H]2SC1. The molecule has 5 N–H and O–H groups in total. The van der Waals surface area contributed by atoms with Crippen LogP contribution in [0.3, 0.4) is 0 Å². The van der Waals surface area contributed by atoms with E-state index in [-0.39, 0.29) is 22.2 Å². The van der Waals surface area contributed by atoms with Crippen LogP contribution >= 0.6 is 23.1 Å². The lowest BCUT2D eigenvalue weighted by Gasteiger charge is -2.49. The summed E-state index contributed by atoms with van der Waals surface area (Å²) in [4.78, 5) is 51.1. The van der Waals surface area contributed by atoms with Gasteiger partial charge in [-0.05, 0) is 31.3 Å². The van der Waals surface area contributed by atoms with Gasteiger partial charge in [0.1, 0.15) is 22.8 Å². The average Bonchev–Trinajstić information content (AvgIpc) is 3.70. The van der Waals surface area contributed by atoms with Crippen molar-refractivity contribution in [3.05, 3.63) is 143 Å². The van der Waals surface area contributed by atoms with Gasteiger partial charge >= 0.3 is 5.97 Å². The molecule has 2 atom stereocenters. The van der Waals surface area contributed by atoms with E-state index >= 15 is 0 Å². The number of fused-ring (bicyclic) bond motifs is 1. The fourth-order valence-corrected chi connectivity index (χ4v) is 10.2. The van der Waals surface area contributed by atoms with Crippen LogP contribution in [-0.4, -0.2) is 67.7 Å². The summed E-state index contributed by atoms with van der Waals surface area (Å²) in [5.74, 6) is -2.19. The number of nitrogens with zero attached hydrogens (tertiary/aromatic N) is 3. The van der Waals surface area contributed by atoms with Gasteiger partial charge in [-0.2, -0.15) is 0 Å². The molecule has 302 valence electrons. The Morgan fingerprint density at radius 2 is 1.38 bits per heavy atom. The first-order chi connectivity index (χ1) is 28.3. The average molecular weight is 819 g/mol. The summed E-state index contributed by atoms with van der Waals surface area (Å²) in [6, 6.07) is 29.3. The molecule has 8 rings (SSSR count). The van der Waals surface area contributed by atoms with Gasteiger partial charge in [-0.25, -0.2) is 9.78 Å². The highest BCUT2D eigenvalue weighted by molar-refractivity contribution is 8.00. The molecule has 58 heavy (non-hydrogen) atoms. The summed E-state index contributed by atoms with van der Waals surface area (Å²) < 4.78 is 0. The maximum atomic E-state index is 13.9. The number of allylic oxidation sites excluding steroid dienone is 1. The predicted octanol–water partition coefficient (Wildman–Crippen LogP) is 7.60. The van der Waals surface area contributed by atoms with Gasteiger partial charge in [0, 0.05) is 39.9 Å². The number of carboxylic acid groups (broad SMARTS) is 1. The van der Waals surface area contributed by atoms with Gasteiger partial charge in [-0.1, -0.05) is 147 Å². The number of rotatable bonds is 12. The number of nitrogens with one attached hydrogen (secondary N) is 2. The second kappa shape index (κ2) is 19.0. The minimum absolute atomic E-state index is 0.132. The molecule has 0 unspecified atom stereocenters. The highest BCUT2D eigenvalue weighted by Gasteiger charge is 2.54. The van der Waals surface area contributed by atoms with Crippen molar-refractivity contribution in [1.29, 1.82) is 0 Å². The number of aliphatic carboxylic acids is 1. The smallest absolute Gasteiger partial charge is 0.352 e. The third-order valence-electron chi connectivity index (χ3n) is 11.2. The highest BCUT2D eigenvalue weighted by Crippen LogP contribution is 2.42. The number of hydrogen-bond donors (Lipinski definition) is 4. The molecule has 4 aromatic rings. The van der Waals surface area contributed by atoms with Crippen molar-refractivity contribution in [3.8, 4) is 0 Å². The van der Waals surface area contributed by atoms with Crippen LogP contribution in [0, 0.1) is 0 Å². The van der Waals surface area contributed by atoms with E-state index in [0.717, 1.165) is 40.1 Å². The van der Waals surface area contributed by atoms with Crippen LogP contribution in [0.2, 0.25) is 0 Å². The maximum absolute atomic E-state index is 13.9. The summed E-state index contributed by atoms with van der Waals surface area (Å²) in [6.07, 6.45) is 16.0. The molecule has 0 radical (unpaired) electrons. The first-order valence-electron chi connectivity index (χ1n) is 20.0. The van der Waals surface area contributed by atoms with Crippen molar-refractivity contribution in [2.75, 3.05) is 11.5 Å². The van der Waals surface area contributed by atoms with Crippen molar-refractivity contribution < 1.29 is 24.3 Å². The summed E-state index contributed by atoms with van der Waals surface area (Å²) in [7, 11) is 0. The Morgan fingerprint density at radius 3 is 1.83 bits per heavy atom. The number of carboxylic acids is 1. The van der Waals surface area contributed by atoms with Gasteiger partial charge < -0.3 is 26.3 Å². The Kier molecular flexibility index (Phi) is 13.4. The lowest BCUT2D eigenvalue weighted by Crippen LogP contribution is -2.71. The molecule has 2 saturated carbocycles. The van der Waals surface area contributed by atoms with Crippen LogP contribution in [0.5, 0.6) is 0 Å². The molecule has 13 heteroatoms. The van der Waals surface area contributed by atoms with Crippen LogP contribution in [-0.2, 0) is 24.8 Å². The molecule has 3 heterocycles. The Morgan fingerprint density at radius 1 is 0.862 bits per heavy atom. The third kappa shape index (κ3) is 8.91. The van der Waals surface area contributed by atoms with Crippen molar-refractivity contribution in [1.82, 2.24) is 20.5 Å². The van der Waals surface area contributed by atoms with Crippen molar-refractivity contribution in [2.45, 2.75) is 93.3 Å². The van der Waals surface area contributed by atoms with Gasteiger partial charge in [0.15, 0.2) is 10.8 Å². The Bertz CT molecular complexity index is 2000. The predicted molar refractivity (Wildman–Crippen MR) is 230 cm³/mol. The molecule has 3 fully saturated rings. The maximum Gasteiger partial charge on any atom is 0.352 e. The Labute approximate surface area is 347 Å².